The molecule has 3 heteroatoms. The second-order valence-electron chi connectivity index (χ2n) is 4.53. The van der Waals surface area contributed by atoms with E-state index in [9.17, 15) is 4.39 Å². The van der Waals surface area contributed by atoms with Crippen LogP contribution in [0.4, 0.5) is 4.39 Å². The van der Waals surface area contributed by atoms with Crippen molar-refractivity contribution in [3.63, 3.8) is 0 Å². The largest absolute Gasteiger partial charge is 0.205 e. The summed E-state index contributed by atoms with van der Waals surface area (Å²) in [5, 5.41) is 0.157. The van der Waals surface area contributed by atoms with Crippen LogP contribution in [0.3, 0.4) is 0 Å². The van der Waals surface area contributed by atoms with Gasteiger partial charge in [0, 0.05) is 0 Å². The van der Waals surface area contributed by atoms with Crippen LogP contribution in [0.25, 0.3) is 0 Å². The second kappa shape index (κ2) is 6.53. The molecule has 0 saturated carbocycles. The molecule has 0 saturated heterocycles. The first-order valence-corrected chi connectivity index (χ1v) is 7.59. The van der Waals surface area contributed by atoms with Crippen LogP contribution in [0.5, 0.6) is 0 Å². The molecule has 0 spiro atoms. The molecule has 0 aliphatic carbocycles. The Balaban J connectivity index is 2.22. The molecule has 2 rings (SSSR count). The molecule has 0 amide bonds. The van der Waals surface area contributed by atoms with E-state index in [1.807, 2.05) is 0 Å². The minimum absolute atomic E-state index is 0.0290. The highest BCUT2D eigenvalue weighted by Gasteiger charge is 2.12. The average Bonchev–Trinajstić information content (AvgIpc) is 2.42. The van der Waals surface area contributed by atoms with Crippen molar-refractivity contribution in [2.24, 2.45) is 0 Å². The van der Waals surface area contributed by atoms with Gasteiger partial charge in [0.25, 0.3) is 0 Å². The minimum Gasteiger partial charge on any atom is -0.205 e. The summed E-state index contributed by atoms with van der Waals surface area (Å²) in [7, 11) is 0. The molecule has 0 nitrogen and oxygen atoms in total. The lowest BCUT2D eigenvalue weighted by atomic mass is 10.0. The van der Waals surface area contributed by atoms with Crippen molar-refractivity contribution in [1.82, 2.24) is 0 Å². The monoisotopic (exact) mass is 340 g/mol. The molecule has 0 aliphatic rings. The summed E-state index contributed by atoms with van der Waals surface area (Å²) in [5.41, 5.74) is 3.43. The number of alkyl halides is 1. The normalized spacial score (nSPS) is 12.4. The van der Waals surface area contributed by atoms with Gasteiger partial charge in [-0.1, -0.05) is 71.2 Å². The zero-order valence-corrected chi connectivity index (χ0v) is 13.0. The van der Waals surface area contributed by atoms with Crippen LogP contribution < -0.4 is 0 Å². The van der Waals surface area contributed by atoms with Crippen LogP contribution in [0.2, 0.25) is 5.02 Å². The maximum absolute atomic E-state index is 13.2. The van der Waals surface area contributed by atoms with Crippen molar-refractivity contribution in [3.8, 4) is 0 Å². The molecule has 0 heterocycles. The molecule has 1 atom stereocenters. The van der Waals surface area contributed by atoms with Gasteiger partial charge in [-0.25, -0.2) is 4.39 Å². The van der Waals surface area contributed by atoms with Gasteiger partial charge in [0.15, 0.2) is 0 Å². The molecule has 0 fully saturated rings. The van der Waals surface area contributed by atoms with Gasteiger partial charge in [0.05, 0.1) is 9.85 Å². The Morgan fingerprint density at radius 1 is 1.11 bits per heavy atom. The van der Waals surface area contributed by atoms with Crippen LogP contribution in [-0.4, -0.2) is 0 Å². The third-order valence-electron chi connectivity index (χ3n) is 3.05. The van der Waals surface area contributed by atoms with Crippen LogP contribution >= 0.6 is 27.5 Å². The van der Waals surface area contributed by atoms with E-state index in [4.69, 9.17) is 11.6 Å². The fourth-order valence-electron chi connectivity index (χ4n) is 2.00. The average molecular weight is 342 g/mol. The number of rotatable bonds is 4. The van der Waals surface area contributed by atoms with Gasteiger partial charge in [-0.05, 0) is 35.2 Å². The van der Waals surface area contributed by atoms with E-state index in [0.29, 0.717) is 0 Å². The van der Waals surface area contributed by atoms with E-state index >= 15 is 0 Å². The number of halogens is 3. The molecule has 1 unspecified atom stereocenters. The van der Waals surface area contributed by atoms with Gasteiger partial charge in [-0.15, -0.1) is 0 Å². The lowest BCUT2D eigenvalue weighted by Gasteiger charge is -2.12. The van der Waals surface area contributed by atoms with Crippen molar-refractivity contribution in [1.29, 1.82) is 0 Å². The SMILES string of the molecule is CCCc1ccc(C(Br)c2ccc(F)c(Cl)c2)cc1. The second-order valence-corrected chi connectivity index (χ2v) is 5.85. The summed E-state index contributed by atoms with van der Waals surface area (Å²) in [6.07, 6.45) is 2.24. The number of aryl methyl sites for hydroxylation is 1. The molecule has 19 heavy (non-hydrogen) atoms. The smallest absolute Gasteiger partial charge is 0.141 e. The molecular weight excluding hydrogens is 327 g/mol. The predicted molar refractivity (Wildman–Crippen MR) is 82.6 cm³/mol. The van der Waals surface area contributed by atoms with E-state index in [0.717, 1.165) is 24.0 Å². The van der Waals surface area contributed by atoms with Crippen molar-refractivity contribution < 1.29 is 4.39 Å². The Bertz CT molecular complexity index is 551. The minimum atomic E-state index is -0.386. The van der Waals surface area contributed by atoms with Gasteiger partial charge in [0.2, 0.25) is 0 Å². The third-order valence-corrected chi connectivity index (χ3v) is 4.39. The number of hydrogen-bond acceptors (Lipinski definition) is 0. The Morgan fingerprint density at radius 2 is 1.74 bits per heavy atom. The molecular formula is C16H15BrClF. The van der Waals surface area contributed by atoms with Gasteiger partial charge in [0.1, 0.15) is 5.82 Å². The highest BCUT2D eigenvalue weighted by Crippen LogP contribution is 2.32. The van der Waals surface area contributed by atoms with Crippen molar-refractivity contribution in [2.75, 3.05) is 0 Å². The van der Waals surface area contributed by atoms with Crippen LogP contribution in [0.1, 0.15) is 34.9 Å². The van der Waals surface area contributed by atoms with E-state index in [-0.39, 0.29) is 15.7 Å². The molecule has 0 N–H and O–H groups in total. The van der Waals surface area contributed by atoms with Crippen molar-refractivity contribution >= 4 is 27.5 Å². The fraction of sp³-hybridized carbons (Fsp3) is 0.250. The topological polar surface area (TPSA) is 0 Å². The van der Waals surface area contributed by atoms with E-state index < -0.39 is 0 Å². The summed E-state index contributed by atoms with van der Waals surface area (Å²) in [6, 6.07) is 13.3. The first kappa shape index (κ1) is 14.5. The molecule has 0 aliphatic heterocycles. The standard InChI is InChI=1S/C16H15BrClF/c1-2-3-11-4-6-12(7-5-11)16(17)13-8-9-15(19)14(18)10-13/h4-10,16H,2-3H2,1H3. The summed E-state index contributed by atoms with van der Waals surface area (Å²) < 4.78 is 13.2. The first-order chi connectivity index (χ1) is 9.11. The highest BCUT2D eigenvalue weighted by atomic mass is 79.9. The summed E-state index contributed by atoms with van der Waals surface area (Å²) in [4.78, 5) is 0.0290. The lowest BCUT2D eigenvalue weighted by molar-refractivity contribution is 0.627. The molecule has 0 bridgehead atoms. The number of hydrogen-bond donors (Lipinski definition) is 0. The molecule has 0 aromatic heterocycles. The predicted octanol–water partition coefficient (Wildman–Crippen LogP) is 5.92. The zero-order valence-electron chi connectivity index (χ0n) is 10.7. The quantitative estimate of drug-likeness (QED) is 0.606. The van der Waals surface area contributed by atoms with Gasteiger partial charge < -0.3 is 0 Å². The van der Waals surface area contributed by atoms with Crippen molar-refractivity contribution in [3.05, 3.63) is 70.0 Å². The van der Waals surface area contributed by atoms with Gasteiger partial charge in [-0.2, -0.15) is 0 Å². The first-order valence-electron chi connectivity index (χ1n) is 6.29. The van der Waals surface area contributed by atoms with Crippen LogP contribution in [0, 0.1) is 5.82 Å². The molecule has 0 radical (unpaired) electrons. The molecule has 2 aromatic carbocycles. The maximum atomic E-state index is 13.2. The van der Waals surface area contributed by atoms with E-state index in [1.54, 1.807) is 12.1 Å². The molecule has 2 aromatic rings. The summed E-state index contributed by atoms with van der Waals surface area (Å²) in [5.74, 6) is -0.386. The third kappa shape index (κ3) is 3.58. The Labute approximate surface area is 126 Å². The van der Waals surface area contributed by atoms with Gasteiger partial charge >= 0.3 is 0 Å². The maximum Gasteiger partial charge on any atom is 0.141 e. The Kier molecular flexibility index (Phi) is 5.00. The number of benzene rings is 2. The Hall–Kier alpha value is -0.860. The fourth-order valence-corrected chi connectivity index (χ4v) is 2.78. The van der Waals surface area contributed by atoms with E-state index in [1.165, 1.54) is 11.6 Å². The Morgan fingerprint density at radius 3 is 2.32 bits per heavy atom. The van der Waals surface area contributed by atoms with E-state index in [2.05, 4.69) is 47.1 Å². The summed E-state index contributed by atoms with van der Waals surface area (Å²) in [6.45, 7) is 2.17. The lowest BCUT2D eigenvalue weighted by Crippen LogP contribution is -1.94. The molecule has 100 valence electrons. The van der Waals surface area contributed by atoms with Gasteiger partial charge in [-0.3, -0.25) is 0 Å². The van der Waals surface area contributed by atoms with Crippen LogP contribution in [-0.2, 0) is 6.42 Å². The zero-order chi connectivity index (χ0) is 13.8. The van der Waals surface area contributed by atoms with Crippen LogP contribution in [0.15, 0.2) is 42.5 Å². The van der Waals surface area contributed by atoms with Crippen molar-refractivity contribution in [2.45, 2.75) is 24.6 Å². The highest BCUT2D eigenvalue weighted by molar-refractivity contribution is 9.09. The summed E-state index contributed by atoms with van der Waals surface area (Å²) >= 11 is 9.45.